The van der Waals surface area contributed by atoms with Crippen molar-refractivity contribution < 1.29 is 13.2 Å². The molecule has 1 aliphatic heterocycles. The number of benzene rings is 2. The Morgan fingerprint density at radius 3 is 2.24 bits per heavy atom. The average molecular weight is 586 g/mol. The predicted molar refractivity (Wildman–Crippen MR) is 155 cm³/mol. The molecule has 37 heavy (non-hydrogen) atoms. The highest BCUT2D eigenvalue weighted by molar-refractivity contribution is 7.89. The van der Waals surface area contributed by atoms with Gasteiger partial charge in [0.05, 0.1) is 14.6 Å². The normalized spacial score (nSPS) is 14.9. The minimum atomic E-state index is -3.57. The van der Waals surface area contributed by atoms with Crippen LogP contribution in [0.25, 0.3) is 10.2 Å². The third-order valence-corrected chi connectivity index (χ3v) is 9.93. The van der Waals surface area contributed by atoms with Crippen LogP contribution in [-0.4, -0.2) is 67.8 Å². The average Bonchev–Trinajstić information content (AvgIpc) is 3.12. The zero-order valence-electron chi connectivity index (χ0n) is 21.2. The number of thiazole rings is 1. The molecule has 1 saturated heterocycles. The lowest BCUT2D eigenvalue weighted by Crippen LogP contribution is -2.39. The molecule has 0 N–H and O–H groups in total. The van der Waals surface area contributed by atoms with Gasteiger partial charge in [-0.15, -0.1) is 12.4 Å². The molecule has 1 amide bonds. The number of hydrogen-bond donors (Lipinski definition) is 0. The summed E-state index contributed by atoms with van der Waals surface area (Å²) in [6, 6.07) is 11.9. The third-order valence-electron chi connectivity index (χ3n) is 6.67. The summed E-state index contributed by atoms with van der Waals surface area (Å²) < 4.78 is 28.8. The number of hydrogen-bond acceptors (Lipinski definition) is 6. The van der Waals surface area contributed by atoms with Crippen LogP contribution < -0.4 is 4.90 Å². The summed E-state index contributed by atoms with van der Waals surface area (Å²) in [7, 11) is -3.57. The Morgan fingerprint density at radius 2 is 1.65 bits per heavy atom. The van der Waals surface area contributed by atoms with Gasteiger partial charge in [0.2, 0.25) is 10.0 Å². The van der Waals surface area contributed by atoms with Crippen molar-refractivity contribution in [1.29, 1.82) is 0 Å². The lowest BCUT2D eigenvalue weighted by Gasteiger charge is -2.25. The summed E-state index contributed by atoms with van der Waals surface area (Å²) in [5, 5.41) is 1.13. The second kappa shape index (κ2) is 13.4. The lowest BCUT2D eigenvalue weighted by atomic mass is 10.2. The van der Waals surface area contributed by atoms with Gasteiger partial charge in [-0.3, -0.25) is 9.69 Å². The second-order valence-electron chi connectivity index (χ2n) is 8.91. The molecular weight excluding hydrogens is 551 g/mol. The van der Waals surface area contributed by atoms with Crippen molar-refractivity contribution in [3.63, 3.8) is 0 Å². The number of fused-ring (bicyclic) bond motifs is 1. The van der Waals surface area contributed by atoms with Gasteiger partial charge in [0.15, 0.2) is 5.13 Å². The SMILES string of the molecule is CCN(CC)CCN(C(=O)c1ccc(S(=O)(=O)N2CCCCCC2)cc1)c1nc2c(Cl)cccc2s1.Cl. The molecule has 0 atom stereocenters. The highest BCUT2D eigenvalue weighted by Gasteiger charge is 2.27. The number of anilines is 1. The molecule has 0 radical (unpaired) electrons. The Morgan fingerprint density at radius 1 is 1.00 bits per heavy atom. The topological polar surface area (TPSA) is 73.8 Å². The fourth-order valence-electron chi connectivity index (χ4n) is 4.44. The zero-order chi connectivity index (χ0) is 25.7. The van der Waals surface area contributed by atoms with Crippen LogP contribution in [0.1, 0.15) is 49.9 Å². The van der Waals surface area contributed by atoms with E-state index in [2.05, 4.69) is 23.7 Å². The van der Waals surface area contributed by atoms with Crippen molar-refractivity contribution in [1.82, 2.24) is 14.2 Å². The van der Waals surface area contributed by atoms with Crippen LogP contribution in [0.15, 0.2) is 47.4 Å². The molecular formula is C26H34Cl2N4O3S2. The maximum absolute atomic E-state index is 13.7. The van der Waals surface area contributed by atoms with E-state index in [1.165, 1.54) is 11.3 Å². The Kier molecular flexibility index (Phi) is 10.8. The summed E-state index contributed by atoms with van der Waals surface area (Å²) in [6.07, 6.45) is 3.87. The van der Waals surface area contributed by atoms with E-state index in [-0.39, 0.29) is 23.2 Å². The molecule has 2 heterocycles. The first kappa shape index (κ1) is 29.8. The number of amides is 1. The van der Waals surface area contributed by atoms with E-state index in [1.54, 1.807) is 39.5 Å². The molecule has 0 unspecified atom stereocenters. The van der Waals surface area contributed by atoms with Crippen molar-refractivity contribution in [2.24, 2.45) is 0 Å². The first-order valence-corrected chi connectivity index (χ1v) is 15.2. The number of halogens is 2. The Labute approximate surface area is 234 Å². The first-order valence-electron chi connectivity index (χ1n) is 12.5. The highest BCUT2D eigenvalue weighted by Crippen LogP contribution is 2.33. The number of para-hydroxylation sites is 1. The summed E-state index contributed by atoms with van der Waals surface area (Å²) in [5.41, 5.74) is 1.11. The minimum absolute atomic E-state index is 0. The summed E-state index contributed by atoms with van der Waals surface area (Å²) in [6.45, 7) is 8.20. The van der Waals surface area contributed by atoms with Crippen molar-refractivity contribution >= 4 is 66.6 Å². The molecule has 2 aromatic carbocycles. The summed E-state index contributed by atoms with van der Waals surface area (Å²) in [4.78, 5) is 22.5. The largest absolute Gasteiger partial charge is 0.302 e. The summed E-state index contributed by atoms with van der Waals surface area (Å²) in [5.74, 6) is -0.212. The quantitative estimate of drug-likeness (QED) is 0.312. The number of nitrogens with zero attached hydrogens (tertiary/aromatic N) is 4. The van der Waals surface area contributed by atoms with Crippen molar-refractivity contribution in [3.05, 3.63) is 53.1 Å². The van der Waals surface area contributed by atoms with Crippen LogP contribution in [0.4, 0.5) is 5.13 Å². The van der Waals surface area contributed by atoms with E-state index in [9.17, 15) is 13.2 Å². The number of rotatable bonds is 9. The Balaban J connectivity index is 0.00000380. The van der Waals surface area contributed by atoms with Crippen LogP contribution in [0.2, 0.25) is 5.02 Å². The molecule has 3 aromatic rings. The smallest absolute Gasteiger partial charge is 0.260 e. The molecule has 0 spiro atoms. The number of carbonyl (C=O) groups excluding carboxylic acids is 1. The van der Waals surface area contributed by atoms with Gasteiger partial charge in [0, 0.05) is 31.7 Å². The van der Waals surface area contributed by atoms with Gasteiger partial charge >= 0.3 is 0 Å². The van der Waals surface area contributed by atoms with E-state index in [0.717, 1.165) is 43.5 Å². The van der Waals surface area contributed by atoms with Gasteiger partial charge in [-0.2, -0.15) is 4.31 Å². The van der Waals surface area contributed by atoms with Crippen LogP contribution in [-0.2, 0) is 10.0 Å². The molecule has 1 aromatic heterocycles. The number of carbonyl (C=O) groups is 1. The molecule has 1 aliphatic rings. The van der Waals surface area contributed by atoms with Crippen LogP contribution in [0, 0.1) is 0 Å². The Bertz CT molecular complexity index is 1290. The van der Waals surface area contributed by atoms with Crippen molar-refractivity contribution in [2.45, 2.75) is 44.4 Å². The van der Waals surface area contributed by atoms with Gasteiger partial charge in [-0.25, -0.2) is 13.4 Å². The lowest BCUT2D eigenvalue weighted by molar-refractivity contribution is 0.0983. The van der Waals surface area contributed by atoms with E-state index >= 15 is 0 Å². The van der Waals surface area contributed by atoms with Gasteiger partial charge < -0.3 is 4.90 Å². The maximum atomic E-state index is 13.7. The first-order chi connectivity index (χ1) is 17.3. The van der Waals surface area contributed by atoms with E-state index in [1.807, 2.05) is 12.1 Å². The molecule has 0 bridgehead atoms. The molecule has 4 rings (SSSR count). The van der Waals surface area contributed by atoms with Crippen LogP contribution >= 0.6 is 35.3 Å². The Hall–Kier alpha value is -1.75. The van der Waals surface area contributed by atoms with Crippen molar-refractivity contribution in [3.8, 4) is 0 Å². The summed E-state index contributed by atoms with van der Waals surface area (Å²) >= 11 is 7.78. The zero-order valence-corrected chi connectivity index (χ0v) is 24.4. The monoisotopic (exact) mass is 584 g/mol. The fourth-order valence-corrected chi connectivity index (χ4v) is 7.25. The van der Waals surface area contributed by atoms with Gasteiger partial charge in [0.1, 0.15) is 5.52 Å². The van der Waals surface area contributed by atoms with Crippen LogP contribution in [0.3, 0.4) is 0 Å². The minimum Gasteiger partial charge on any atom is -0.302 e. The molecule has 0 saturated carbocycles. The third kappa shape index (κ3) is 6.82. The number of likely N-dealkylation sites (N-methyl/N-ethyl adjacent to an activating group) is 1. The number of aromatic nitrogens is 1. The van der Waals surface area contributed by atoms with E-state index in [0.29, 0.717) is 47.4 Å². The maximum Gasteiger partial charge on any atom is 0.260 e. The molecule has 11 heteroatoms. The second-order valence-corrected chi connectivity index (χ2v) is 12.3. The molecule has 1 fully saturated rings. The molecule has 202 valence electrons. The van der Waals surface area contributed by atoms with Gasteiger partial charge in [-0.05, 0) is 62.3 Å². The number of sulfonamides is 1. The highest BCUT2D eigenvalue weighted by atomic mass is 35.5. The molecule has 7 nitrogen and oxygen atoms in total. The van der Waals surface area contributed by atoms with Crippen LogP contribution in [0.5, 0.6) is 0 Å². The molecule has 0 aliphatic carbocycles. The predicted octanol–water partition coefficient (Wildman–Crippen LogP) is 5.92. The van der Waals surface area contributed by atoms with Gasteiger partial charge in [0.25, 0.3) is 5.91 Å². The van der Waals surface area contributed by atoms with Crippen molar-refractivity contribution in [2.75, 3.05) is 44.2 Å². The fraction of sp³-hybridized carbons (Fsp3) is 0.462. The van der Waals surface area contributed by atoms with E-state index < -0.39 is 10.0 Å². The van der Waals surface area contributed by atoms with E-state index in [4.69, 9.17) is 11.6 Å². The standard InChI is InChI=1S/C26H33ClN4O3S2.ClH/c1-3-29(4-2)18-19-31(26-28-24-22(27)10-9-11-23(24)35-26)25(32)20-12-14-21(15-13-20)36(33,34)30-16-7-5-6-8-17-30;/h9-15H,3-8,16-19H2,1-2H3;1H. The van der Waals surface area contributed by atoms with Gasteiger partial charge in [-0.1, -0.05) is 55.7 Å².